The number of ether oxygens (including phenoxy) is 2. The van der Waals surface area contributed by atoms with Crippen molar-refractivity contribution in [3.8, 4) is 11.5 Å². The van der Waals surface area contributed by atoms with E-state index >= 15 is 0 Å². The van der Waals surface area contributed by atoms with Crippen LogP contribution in [0.4, 0.5) is 5.69 Å². The predicted octanol–water partition coefficient (Wildman–Crippen LogP) is 3.62. The lowest BCUT2D eigenvalue weighted by Crippen LogP contribution is -2.13. The minimum Gasteiger partial charge on any atom is -0.497 e. The van der Waals surface area contributed by atoms with E-state index in [0.29, 0.717) is 11.3 Å². The van der Waals surface area contributed by atoms with Crippen molar-refractivity contribution in [2.45, 2.75) is 6.92 Å². The normalized spacial score (nSPS) is 10.9. The van der Waals surface area contributed by atoms with Crippen molar-refractivity contribution in [2.24, 2.45) is 0 Å². The second-order valence-electron chi connectivity index (χ2n) is 4.41. The van der Waals surface area contributed by atoms with Crippen LogP contribution in [0.2, 0.25) is 0 Å². The van der Waals surface area contributed by atoms with Gasteiger partial charge in [-0.15, -0.1) is 0 Å². The summed E-state index contributed by atoms with van der Waals surface area (Å²) in [5.74, 6) is 1.20. The van der Waals surface area contributed by atoms with E-state index in [4.69, 9.17) is 9.47 Å². The number of hydrogen-bond donors (Lipinski definition) is 1. The maximum absolute atomic E-state index is 12.0. The van der Waals surface area contributed by atoms with E-state index in [9.17, 15) is 4.79 Å². The Labute approximate surface area is 124 Å². The number of nitrogens with one attached hydrogen (secondary N) is 1. The highest BCUT2D eigenvalue weighted by Gasteiger charge is 2.05. The zero-order valence-corrected chi connectivity index (χ0v) is 12.0. The fourth-order valence-corrected chi connectivity index (χ4v) is 1.62. The molecule has 1 amide bonds. The fraction of sp³-hybridized carbons (Fsp3) is 0.118. The lowest BCUT2D eigenvalue weighted by atomic mass is 10.2. The minimum atomic E-state index is -0.199. The second-order valence-corrected chi connectivity index (χ2v) is 4.41. The molecule has 0 aliphatic rings. The second kappa shape index (κ2) is 7.14. The zero-order chi connectivity index (χ0) is 15.1. The van der Waals surface area contributed by atoms with E-state index in [2.05, 4.69) is 5.32 Å². The van der Waals surface area contributed by atoms with Crippen LogP contribution in [0.15, 0.2) is 66.4 Å². The third-order valence-electron chi connectivity index (χ3n) is 2.82. The van der Waals surface area contributed by atoms with Gasteiger partial charge in [0.15, 0.2) is 0 Å². The highest BCUT2D eigenvalue weighted by molar-refractivity contribution is 6.03. The molecule has 2 aromatic rings. The van der Waals surface area contributed by atoms with Crippen molar-refractivity contribution >= 4 is 11.6 Å². The molecular weight excluding hydrogens is 266 g/mol. The molecule has 4 nitrogen and oxygen atoms in total. The van der Waals surface area contributed by atoms with Gasteiger partial charge in [-0.05, 0) is 43.3 Å². The summed E-state index contributed by atoms with van der Waals surface area (Å²) in [6.07, 6.45) is 1.43. The minimum absolute atomic E-state index is 0.199. The van der Waals surface area contributed by atoms with Crippen molar-refractivity contribution in [1.29, 1.82) is 0 Å². The molecule has 0 heterocycles. The number of methoxy groups -OCH3 is 1. The first kappa shape index (κ1) is 14.7. The van der Waals surface area contributed by atoms with Crippen LogP contribution in [0.25, 0.3) is 0 Å². The predicted molar refractivity (Wildman–Crippen MR) is 82.5 cm³/mol. The molecule has 2 aromatic carbocycles. The first-order valence-electron chi connectivity index (χ1n) is 6.53. The van der Waals surface area contributed by atoms with Crippen molar-refractivity contribution in [3.05, 3.63) is 66.4 Å². The SMILES string of the molecule is COc1ccc(O/C=C(\C)C(=O)Nc2ccccc2)cc1. The van der Waals surface area contributed by atoms with Gasteiger partial charge in [-0.3, -0.25) is 4.79 Å². The zero-order valence-electron chi connectivity index (χ0n) is 12.0. The van der Waals surface area contributed by atoms with Gasteiger partial charge in [0.25, 0.3) is 5.91 Å². The number of hydrogen-bond acceptors (Lipinski definition) is 3. The van der Waals surface area contributed by atoms with Crippen LogP contribution in [0, 0.1) is 0 Å². The molecule has 0 bridgehead atoms. The first-order chi connectivity index (χ1) is 10.2. The number of rotatable bonds is 5. The Balaban J connectivity index is 1.95. The van der Waals surface area contributed by atoms with Gasteiger partial charge in [0, 0.05) is 11.3 Å². The maximum atomic E-state index is 12.0. The summed E-state index contributed by atoms with van der Waals surface area (Å²) in [7, 11) is 1.60. The van der Waals surface area contributed by atoms with E-state index < -0.39 is 0 Å². The van der Waals surface area contributed by atoms with Gasteiger partial charge in [0.05, 0.1) is 13.4 Å². The largest absolute Gasteiger partial charge is 0.497 e. The van der Waals surface area contributed by atoms with Crippen LogP contribution in [0.5, 0.6) is 11.5 Å². The third kappa shape index (κ3) is 4.38. The molecule has 0 saturated heterocycles. The van der Waals surface area contributed by atoms with E-state index in [0.717, 1.165) is 11.4 Å². The highest BCUT2D eigenvalue weighted by Crippen LogP contribution is 2.17. The van der Waals surface area contributed by atoms with E-state index in [1.807, 2.05) is 30.3 Å². The van der Waals surface area contributed by atoms with Crippen molar-refractivity contribution in [2.75, 3.05) is 12.4 Å². The molecule has 0 spiro atoms. The van der Waals surface area contributed by atoms with E-state index in [1.165, 1.54) is 6.26 Å². The number of anilines is 1. The molecule has 0 fully saturated rings. The van der Waals surface area contributed by atoms with Crippen molar-refractivity contribution in [1.82, 2.24) is 0 Å². The van der Waals surface area contributed by atoms with Gasteiger partial charge < -0.3 is 14.8 Å². The first-order valence-corrected chi connectivity index (χ1v) is 6.53. The Morgan fingerprint density at radius 1 is 1.00 bits per heavy atom. The van der Waals surface area contributed by atoms with Crippen LogP contribution in [-0.2, 0) is 4.79 Å². The molecule has 2 rings (SSSR count). The van der Waals surface area contributed by atoms with Crippen LogP contribution in [-0.4, -0.2) is 13.0 Å². The van der Waals surface area contributed by atoms with Gasteiger partial charge in [0.1, 0.15) is 11.5 Å². The highest BCUT2D eigenvalue weighted by atomic mass is 16.5. The van der Waals surface area contributed by atoms with Crippen LogP contribution in [0.1, 0.15) is 6.92 Å². The fourth-order valence-electron chi connectivity index (χ4n) is 1.62. The quantitative estimate of drug-likeness (QED) is 0.673. The topological polar surface area (TPSA) is 47.6 Å². The van der Waals surface area contributed by atoms with Gasteiger partial charge in [-0.2, -0.15) is 0 Å². The lowest BCUT2D eigenvalue weighted by molar-refractivity contribution is -0.112. The molecule has 0 aliphatic carbocycles. The third-order valence-corrected chi connectivity index (χ3v) is 2.82. The number of para-hydroxylation sites is 1. The number of carbonyl (C=O) groups is 1. The number of carbonyl (C=O) groups excluding carboxylic acids is 1. The summed E-state index contributed by atoms with van der Waals surface area (Å²) in [6.45, 7) is 1.70. The molecule has 4 heteroatoms. The Kier molecular flexibility index (Phi) is 4.99. The van der Waals surface area contributed by atoms with Crippen LogP contribution in [0.3, 0.4) is 0 Å². The molecule has 0 radical (unpaired) electrons. The summed E-state index contributed by atoms with van der Waals surface area (Å²) in [6, 6.07) is 16.4. The molecule has 0 atom stereocenters. The van der Waals surface area contributed by atoms with Crippen LogP contribution < -0.4 is 14.8 Å². The van der Waals surface area contributed by atoms with E-state index in [-0.39, 0.29) is 5.91 Å². The van der Waals surface area contributed by atoms with Crippen molar-refractivity contribution < 1.29 is 14.3 Å². The summed E-state index contributed by atoms with van der Waals surface area (Å²) in [4.78, 5) is 12.0. The number of benzene rings is 2. The standard InChI is InChI=1S/C17H17NO3/c1-13(17(19)18-14-6-4-3-5-7-14)12-21-16-10-8-15(20-2)9-11-16/h3-12H,1-2H3,(H,18,19)/b13-12+. The van der Waals surface area contributed by atoms with Gasteiger partial charge in [0.2, 0.25) is 0 Å². The molecule has 0 aliphatic heterocycles. The van der Waals surface area contributed by atoms with Gasteiger partial charge >= 0.3 is 0 Å². The molecule has 0 unspecified atom stereocenters. The molecule has 21 heavy (non-hydrogen) atoms. The molecule has 108 valence electrons. The molecule has 0 saturated carbocycles. The number of amides is 1. The summed E-state index contributed by atoms with van der Waals surface area (Å²) in [5.41, 5.74) is 1.23. The Hall–Kier alpha value is -2.75. The molecular formula is C17H17NO3. The Morgan fingerprint density at radius 3 is 2.24 bits per heavy atom. The monoisotopic (exact) mass is 283 g/mol. The maximum Gasteiger partial charge on any atom is 0.254 e. The Morgan fingerprint density at radius 2 is 1.62 bits per heavy atom. The molecule has 1 N–H and O–H groups in total. The van der Waals surface area contributed by atoms with Crippen molar-refractivity contribution in [3.63, 3.8) is 0 Å². The average molecular weight is 283 g/mol. The summed E-state index contributed by atoms with van der Waals surface area (Å²) >= 11 is 0. The van der Waals surface area contributed by atoms with E-state index in [1.54, 1.807) is 38.3 Å². The summed E-state index contributed by atoms with van der Waals surface area (Å²) < 4.78 is 10.5. The lowest BCUT2D eigenvalue weighted by Gasteiger charge is -2.06. The molecule has 0 aromatic heterocycles. The summed E-state index contributed by atoms with van der Waals surface area (Å²) in [5, 5.41) is 2.79. The average Bonchev–Trinajstić information content (AvgIpc) is 2.54. The van der Waals surface area contributed by atoms with Crippen LogP contribution >= 0.6 is 0 Å². The van der Waals surface area contributed by atoms with Gasteiger partial charge in [-0.25, -0.2) is 0 Å². The van der Waals surface area contributed by atoms with Gasteiger partial charge in [-0.1, -0.05) is 18.2 Å². The smallest absolute Gasteiger partial charge is 0.254 e. The Bertz CT molecular complexity index is 618.